The van der Waals surface area contributed by atoms with Gasteiger partial charge in [0.15, 0.2) is 0 Å². The van der Waals surface area contributed by atoms with Crippen molar-refractivity contribution in [2.75, 3.05) is 39.3 Å². The maximum Gasteiger partial charge on any atom is 0.128 e. The monoisotopic (exact) mass is 493 g/mol. The number of β-amino-alcohol motifs (C(OH)–C–C–N with tert-alkyl or cyclic N) is 1. The summed E-state index contributed by atoms with van der Waals surface area (Å²) in [5.41, 5.74) is 7.92. The number of aryl methyl sites for hydroxylation is 3. The van der Waals surface area contributed by atoms with Gasteiger partial charge in [0.25, 0.3) is 0 Å². The smallest absolute Gasteiger partial charge is 0.128 e. The van der Waals surface area contributed by atoms with Crippen LogP contribution in [0, 0.1) is 6.92 Å². The molecule has 0 spiro atoms. The van der Waals surface area contributed by atoms with E-state index in [9.17, 15) is 5.11 Å². The minimum Gasteiger partial charge on any atom is -0.490 e. The van der Waals surface area contributed by atoms with E-state index in [0.717, 1.165) is 61.2 Å². The lowest BCUT2D eigenvalue weighted by atomic mass is 9.92. The number of hydrogen-bond acceptors (Lipinski definition) is 5. The molecular weight excluding hydrogens is 458 g/mol. The third kappa shape index (κ3) is 4.99. The molecule has 1 unspecified atom stereocenters. The Hall–Kier alpha value is -3.25. The zero-order valence-electron chi connectivity index (χ0n) is 21.5. The third-order valence-corrected chi connectivity index (χ3v) is 7.97. The van der Waals surface area contributed by atoms with Crippen molar-refractivity contribution in [3.8, 4) is 5.75 Å². The van der Waals surface area contributed by atoms with Gasteiger partial charge >= 0.3 is 0 Å². The molecule has 190 valence electrons. The number of fused-ring (bicyclic) bond motifs is 3. The second-order valence-corrected chi connectivity index (χ2v) is 10.4. The van der Waals surface area contributed by atoms with Gasteiger partial charge in [0.2, 0.25) is 0 Å². The van der Waals surface area contributed by atoms with Crippen LogP contribution < -0.4 is 4.74 Å². The summed E-state index contributed by atoms with van der Waals surface area (Å²) in [6, 6.07) is 26.2. The highest BCUT2D eigenvalue weighted by Gasteiger charge is 2.31. The van der Waals surface area contributed by atoms with Crippen LogP contribution >= 0.6 is 0 Å². The number of piperazine rings is 1. The van der Waals surface area contributed by atoms with Gasteiger partial charge in [-0.1, -0.05) is 54.6 Å². The van der Waals surface area contributed by atoms with Crippen LogP contribution in [0.5, 0.6) is 5.75 Å². The minimum absolute atomic E-state index is 0.274. The van der Waals surface area contributed by atoms with E-state index in [0.29, 0.717) is 12.6 Å². The molecule has 0 bridgehead atoms. The summed E-state index contributed by atoms with van der Waals surface area (Å²) in [4.78, 5) is 9.49. The van der Waals surface area contributed by atoms with Crippen molar-refractivity contribution in [3.05, 3.63) is 107 Å². The highest BCUT2D eigenvalue weighted by molar-refractivity contribution is 5.87. The number of aromatic nitrogens is 1. The number of pyridine rings is 1. The minimum atomic E-state index is -0.543. The largest absolute Gasteiger partial charge is 0.490 e. The van der Waals surface area contributed by atoms with Crippen molar-refractivity contribution in [1.82, 2.24) is 14.8 Å². The Bertz CT molecular complexity index is 1330. The van der Waals surface area contributed by atoms with Crippen molar-refractivity contribution in [3.63, 3.8) is 0 Å². The van der Waals surface area contributed by atoms with Crippen LogP contribution in [-0.4, -0.2) is 65.3 Å². The van der Waals surface area contributed by atoms with Gasteiger partial charge in [-0.25, -0.2) is 0 Å². The number of nitrogens with zero attached hydrogens (tertiary/aromatic N) is 3. The molecule has 6 rings (SSSR count). The quantitative estimate of drug-likeness (QED) is 0.419. The van der Waals surface area contributed by atoms with Crippen LogP contribution in [0.25, 0.3) is 10.9 Å². The molecule has 3 aromatic carbocycles. The number of rotatable bonds is 6. The fourth-order valence-electron chi connectivity index (χ4n) is 6.04. The predicted octanol–water partition coefficient (Wildman–Crippen LogP) is 4.79. The number of aliphatic hydroxyl groups excluding tert-OH is 1. The Morgan fingerprint density at radius 1 is 0.865 bits per heavy atom. The van der Waals surface area contributed by atoms with Crippen LogP contribution in [-0.2, 0) is 12.8 Å². The topological polar surface area (TPSA) is 48.8 Å². The maximum atomic E-state index is 10.8. The van der Waals surface area contributed by atoms with Crippen LogP contribution in [0.15, 0.2) is 79.0 Å². The molecule has 1 atom stereocenters. The van der Waals surface area contributed by atoms with E-state index in [1.54, 1.807) is 6.20 Å². The number of ether oxygens (including phenoxy) is 1. The van der Waals surface area contributed by atoms with Gasteiger partial charge in [0.1, 0.15) is 18.5 Å². The summed E-state index contributed by atoms with van der Waals surface area (Å²) in [7, 11) is 0. The van der Waals surface area contributed by atoms with Gasteiger partial charge in [-0.05, 0) is 65.8 Å². The van der Waals surface area contributed by atoms with Gasteiger partial charge in [0.05, 0.1) is 11.6 Å². The van der Waals surface area contributed by atoms with Gasteiger partial charge in [-0.15, -0.1) is 0 Å². The fourth-order valence-corrected chi connectivity index (χ4v) is 6.04. The summed E-state index contributed by atoms with van der Waals surface area (Å²) in [5.74, 6) is 0.781. The standard InChI is InChI=1S/C32H35N3O2/c1-23-12-15-30(29-11-6-16-33-31(23)29)37-22-26(36)21-34-17-19-35(20-18-34)32-27-9-4-2-7-24(27)13-14-25-8-3-5-10-28(25)32/h2-12,15-16,26,32,36H,13-14,17-22H2,1H3. The van der Waals surface area contributed by atoms with Crippen molar-refractivity contribution >= 4 is 10.9 Å². The normalized spacial score (nSPS) is 17.7. The first-order valence-electron chi connectivity index (χ1n) is 13.4. The number of hydrogen-bond donors (Lipinski definition) is 1. The second-order valence-electron chi connectivity index (χ2n) is 10.4. The molecule has 2 heterocycles. The fraction of sp³-hybridized carbons (Fsp3) is 0.344. The van der Waals surface area contributed by atoms with Crippen LogP contribution in [0.3, 0.4) is 0 Å². The number of benzene rings is 3. The van der Waals surface area contributed by atoms with Crippen molar-refractivity contribution in [2.45, 2.75) is 31.9 Å². The lowest BCUT2D eigenvalue weighted by molar-refractivity contribution is 0.0403. The van der Waals surface area contributed by atoms with Gasteiger partial charge < -0.3 is 9.84 Å². The molecule has 37 heavy (non-hydrogen) atoms. The Balaban J connectivity index is 1.10. The van der Waals surface area contributed by atoms with E-state index in [2.05, 4.69) is 70.2 Å². The number of aliphatic hydroxyl groups is 1. The molecule has 4 aromatic rings. The Morgan fingerprint density at radius 3 is 2.24 bits per heavy atom. The van der Waals surface area contributed by atoms with Crippen LogP contribution in [0.4, 0.5) is 0 Å². The summed E-state index contributed by atoms with van der Waals surface area (Å²) in [5, 5.41) is 11.8. The lowest BCUT2D eigenvalue weighted by Gasteiger charge is -2.40. The molecule has 5 heteroatoms. The summed E-state index contributed by atoms with van der Waals surface area (Å²) < 4.78 is 6.06. The summed E-state index contributed by atoms with van der Waals surface area (Å²) in [6.45, 7) is 6.79. The summed E-state index contributed by atoms with van der Waals surface area (Å²) >= 11 is 0. The Kier molecular flexibility index (Phi) is 6.92. The van der Waals surface area contributed by atoms with Crippen LogP contribution in [0.1, 0.15) is 33.9 Å². The second kappa shape index (κ2) is 10.6. The molecule has 0 radical (unpaired) electrons. The molecule has 1 N–H and O–H groups in total. The predicted molar refractivity (Wildman–Crippen MR) is 148 cm³/mol. The molecule has 5 nitrogen and oxygen atoms in total. The van der Waals surface area contributed by atoms with Crippen molar-refractivity contribution < 1.29 is 9.84 Å². The van der Waals surface area contributed by atoms with E-state index in [1.165, 1.54) is 22.3 Å². The van der Waals surface area contributed by atoms with Crippen LogP contribution in [0.2, 0.25) is 0 Å². The first-order chi connectivity index (χ1) is 18.2. The molecule has 2 aliphatic rings. The molecule has 0 amide bonds. The SMILES string of the molecule is Cc1ccc(OCC(O)CN2CCN(C3c4ccccc4CCc4ccccc43)CC2)c2cccnc12. The average Bonchev–Trinajstić information content (AvgIpc) is 3.10. The zero-order chi connectivity index (χ0) is 25.2. The average molecular weight is 494 g/mol. The van der Waals surface area contributed by atoms with Crippen molar-refractivity contribution in [1.29, 1.82) is 0 Å². The molecule has 1 aromatic heterocycles. The van der Waals surface area contributed by atoms with Gasteiger partial charge in [0, 0.05) is 44.3 Å². The van der Waals surface area contributed by atoms with E-state index < -0.39 is 6.10 Å². The highest BCUT2D eigenvalue weighted by Crippen LogP contribution is 2.37. The maximum absolute atomic E-state index is 10.8. The van der Waals surface area contributed by atoms with E-state index in [4.69, 9.17) is 4.74 Å². The van der Waals surface area contributed by atoms with Gasteiger partial charge in [-0.2, -0.15) is 0 Å². The molecule has 1 aliphatic carbocycles. The zero-order valence-corrected chi connectivity index (χ0v) is 21.5. The van der Waals surface area contributed by atoms with E-state index >= 15 is 0 Å². The Morgan fingerprint density at radius 2 is 1.54 bits per heavy atom. The molecule has 1 fully saturated rings. The lowest BCUT2D eigenvalue weighted by Crippen LogP contribution is -2.50. The van der Waals surface area contributed by atoms with Gasteiger partial charge in [-0.3, -0.25) is 14.8 Å². The van der Waals surface area contributed by atoms with E-state index in [1.807, 2.05) is 24.3 Å². The summed E-state index contributed by atoms with van der Waals surface area (Å²) in [6.07, 6.45) is 3.46. The third-order valence-electron chi connectivity index (χ3n) is 7.97. The van der Waals surface area contributed by atoms with Crippen molar-refractivity contribution in [2.24, 2.45) is 0 Å². The molecule has 0 saturated carbocycles. The molecule has 1 aliphatic heterocycles. The first kappa shape index (κ1) is 24.1. The highest BCUT2D eigenvalue weighted by atomic mass is 16.5. The first-order valence-corrected chi connectivity index (χ1v) is 13.4. The Labute approximate surface area is 219 Å². The molecule has 1 saturated heterocycles. The molecular formula is C32H35N3O2. The van der Waals surface area contributed by atoms with E-state index in [-0.39, 0.29) is 6.61 Å².